The van der Waals surface area contributed by atoms with Crippen LogP contribution in [0.2, 0.25) is 0 Å². The van der Waals surface area contributed by atoms with Crippen LogP contribution in [-0.4, -0.2) is 81.9 Å². The number of carbonyl (C=O) groups excluding carboxylic acids is 1. The summed E-state index contributed by atoms with van der Waals surface area (Å²) in [7, 11) is -1.15. The topological polar surface area (TPSA) is 82.1 Å². The Morgan fingerprint density at radius 2 is 1.74 bits per heavy atom. The van der Waals surface area contributed by atoms with Gasteiger partial charge < -0.3 is 15.1 Å². The molecule has 0 rings (SSSR count). The van der Waals surface area contributed by atoms with Gasteiger partial charge in [-0.25, -0.2) is 8.42 Å². The molecule has 0 aliphatic carbocycles. The zero-order chi connectivity index (χ0) is 17.2. The third-order valence-corrected chi connectivity index (χ3v) is 4.15. The van der Waals surface area contributed by atoms with Crippen molar-refractivity contribution >= 4 is 45.7 Å². The van der Waals surface area contributed by atoms with Gasteiger partial charge in [-0.1, -0.05) is 0 Å². The molecule has 1 amide bonds. The van der Waals surface area contributed by atoms with E-state index in [-0.39, 0.29) is 42.2 Å². The van der Waals surface area contributed by atoms with Crippen LogP contribution >= 0.6 is 24.0 Å². The number of nitrogens with one attached hydrogen (secondary N) is 1. The van der Waals surface area contributed by atoms with Crippen molar-refractivity contribution in [1.82, 2.24) is 15.1 Å². The van der Waals surface area contributed by atoms with E-state index in [4.69, 9.17) is 0 Å². The van der Waals surface area contributed by atoms with Crippen molar-refractivity contribution in [3.8, 4) is 0 Å². The second kappa shape index (κ2) is 12.8. The minimum atomic E-state index is -2.96. The predicted octanol–water partition coefficient (Wildman–Crippen LogP) is 0.805. The maximum atomic E-state index is 12.1. The fourth-order valence-electron chi connectivity index (χ4n) is 1.94. The van der Waals surface area contributed by atoms with E-state index in [1.807, 2.05) is 20.8 Å². The maximum absolute atomic E-state index is 12.1. The van der Waals surface area contributed by atoms with Crippen molar-refractivity contribution in [1.29, 1.82) is 0 Å². The lowest BCUT2D eigenvalue weighted by Gasteiger charge is -2.25. The molecule has 0 bridgehead atoms. The zero-order valence-corrected chi connectivity index (χ0v) is 18.0. The number of nitrogens with zero attached hydrogens (tertiary/aromatic N) is 3. The van der Waals surface area contributed by atoms with Crippen LogP contribution in [-0.2, 0) is 14.6 Å². The molecule has 0 atom stereocenters. The SMILES string of the molecule is CCNC(=NCCCS(C)(=O)=O)N(C)CC(=O)N(CC)CC.I. The number of likely N-dealkylation sites (N-methyl/N-ethyl adjacent to an activating group) is 2. The highest BCUT2D eigenvalue weighted by atomic mass is 127. The van der Waals surface area contributed by atoms with E-state index in [1.54, 1.807) is 16.8 Å². The normalized spacial score (nSPS) is 11.6. The summed E-state index contributed by atoms with van der Waals surface area (Å²) in [5.41, 5.74) is 0. The molecule has 0 saturated heterocycles. The van der Waals surface area contributed by atoms with Gasteiger partial charge >= 0.3 is 0 Å². The van der Waals surface area contributed by atoms with E-state index in [9.17, 15) is 13.2 Å². The molecular formula is C14H31IN4O3S. The summed E-state index contributed by atoms with van der Waals surface area (Å²) in [6, 6.07) is 0. The first-order chi connectivity index (χ1) is 10.2. The van der Waals surface area contributed by atoms with Crippen LogP contribution in [0.3, 0.4) is 0 Å². The highest BCUT2D eigenvalue weighted by Gasteiger charge is 2.14. The van der Waals surface area contributed by atoms with E-state index in [0.29, 0.717) is 38.6 Å². The number of guanidine groups is 1. The number of halogens is 1. The Morgan fingerprint density at radius 1 is 1.17 bits per heavy atom. The molecule has 9 heteroatoms. The first-order valence-electron chi connectivity index (χ1n) is 7.70. The summed E-state index contributed by atoms with van der Waals surface area (Å²) in [6.07, 6.45) is 1.70. The number of sulfone groups is 1. The summed E-state index contributed by atoms with van der Waals surface area (Å²) in [5, 5.41) is 3.12. The molecule has 138 valence electrons. The van der Waals surface area contributed by atoms with Gasteiger partial charge in [0, 0.05) is 39.5 Å². The molecule has 1 N–H and O–H groups in total. The van der Waals surface area contributed by atoms with Crippen LogP contribution in [0.25, 0.3) is 0 Å². The number of hydrogen-bond donors (Lipinski definition) is 1. The average molecular weight is 462 g/mol. The van der Waals surface area contributed by atoms with E-state index in [0.717, 1.165) is 0 Å². The summed E-state index contributed by atoms with van der Waals surface area (Å²) in [4.78, 5) is 20.0. The zero-order valence-electron chi connectivity index (χ0n) is 14.8. The lowest BCUT2D eigenvalue weighted by molar-refractivity contribution is -0.131. The van der Waals surface area contributed by atoms with E-state index >= 15 is 0 Å². The van der Waals surface area contributed by atoms with E-state index in [1.165, 1.54) is 6.26 Å². The second-order valence-electron chi connectivity index (χ2n) is 5.14. The van der Waals surface area contributed by atoms with Gasteiger partial charge in [0.15, 0.2) is 5.96 Å². The standard InChI is InChI=1S/C14H30N4O3S.HI/c1-6-15-14(16-10-9-11-22(5,20)21)17(4)12-13(19)18(7-2)8-3;/h6-12H2,1-5H3,(H,15,16);1H. The van der Waals surface area contributed by atoms with Crippen molar-refractivity contribution in [2.75, 3.05) is 51.8 Å². The van der Waals surface area contributed by atoms with Crippen molar-refractivity contribution in [2.45, 2.75) is 27.2 Å². The molecule has 0 aromatic carbocycles. The molecule has 0 aliphatic heterocycles. The largest absolute Gasteiger partial charge is 0.357 e. The van der Waals surface area contributed by atoms with Crippen LogP contribution in [0, 0.1) is 0 Å². The highest BCUT2D eigenvalue weighted by molar-refractivity contribution is 14.0. The van der Waals surface area contributed by atoms with E-state index in [2.05, 4.69) is 10.3 Å². The van der Waals surface area contributed by atoms with Gasteiger partial charge in [-0.3, -0.25) is 9.79 Å². The lowest BCUT2D eigenvalue weighted by Crippen LogP contribution is -2.45. The molecule has 0 aromatic heterocycles. The molecule has 0 radical (unpaired) electrons. The third kappa shape index (κ3) is 11.6. The Balaban J connectivity index is 0. The first-order valence-corrected chi connectivity index (χ1v) is 9.76. The Hall–Kier alpha value is -0.580. The monoisotopic (exact) mass is 462 g/mol. The smallest absolute Gasteiger partial charge is 0.242 e. The Bertz CT molecular complexity index is 465. The fourth-order valence-corrected chi connectivity index (χ4v) is 2.59. The van der Waals surface area contributed by atoms with Crippen molar-refractivity contribution in [3.05, 3.63) is 0 Å². The van der Waals surface area contributed by atoms with Gasteiger partial charge in [0.1, 0.15) is 9.84 Å². The third-order valence-electron chi connectivity index (χ3n) is 3.12. The first kappa shape index (κ1) is 24.7. The minimum absolute atomic E-state index is 0. The van der Waals surface area contributed by atoms with Gasteiger partial charge in [-0.05, 0) is 27.2 Å². The van der Waals surface area contributed by atoms with Crippen LogP contribution in [0.1, 0.15) is 27.2 Å². The van der Waals surface area contributed by atoms with Gasteiger partial charge in [-0.15, -0.1) is 24.0 Å². The van der Waals surface area contributed by atoms with Crippen LogP contribution in [0.5, 0.6) is 0 Å². The molecule has 0 heterocycles. The average Bonchev–Trinajstić information content (AvgIpc) is 2.42. The van der Waals surface area contributed by atoms with Crippen molar-refractivity contribution in [3.63, 3.8) is 0 Å². The quantitative estimate of drug-likeness (QED) is 0.237. The molecular weight excluding hydrogens is 431 g/mol. The maximum Gasteiger partial charge on any atom is 0.242 e. The number of carbonyl (C=O) groups is 1. The van der Waals surface area contributed by atoms with Crippen molar-refractivity contribution < 1.29 is 13.2 Å². The van der Waals surface area contributed by atoms with Gasteiger partial charge in [0.2, 0.25) is 5.91 Å². The molecule has 0 aromatic rings. The molecule has 23 heavy (non-hydrogen) atoms. The molecule has 0 unspecified atom stereocenters. The van der Waals surface area contributed by atoms with Gasteiger partial charge in [0.25, 0.3) is 0 Å². The number of amides is 1. The second-order valence-corrected chi connectivity index (χ2v) is 7.40. The molecule has 0 spiro atoms. The summed E-state index contributed by atoms with van der Waals surface area (Å²) < 4.78 is 22.2. The Kier molecular flexibility index (Phi) is 13.7. The highest BCUT2D eigenvalue weighted by Crippen LogP contribution is 1.95. The van der Waals surface area contributed by atoms with Gasteiger partial charge in [0.05, 0.1) is 12.3 Å². The number of rotatable bonds is 9. The lowest BCUT2D eigenvalue weighted by atomic mass is 10.4. The van der Waals surface area contributed by atoms with Gasteiger partial charge in [-0.2, -0.15) is 0 Å². The molecule has 0 fully saturated rings. The van der Waals surface area contributed by atoms with E-state index < -0.39 is 9.84 Å². The predicted molar refractivity (Wildman–Crippen MR) is 106 cm³/mol. The molecule has 0 saturated carbocycles. The van der Waals surface area contributed by atoms with Crippen LogP contribution < -0.4 is 5.32 Å². The summed E-state index contributed by atoms with van der Waals surface area (Å²) in [5.74, 6) is 0.795. The number of hydrogen-bond acceptors (Lipinski definition) is 4. The minimum Gasteiger partial charge on any atom is -0.357 e. The molecule has 0 aliphatic rings. The summed E-state index contributed by atoms with van der Waals surface area (Å²) in [6.45, 7) is 8.58. The number of aliphatic imine (C=N–C) groups is 1. The van der Waals surface area contributed by atoms with Crippen LogP contribution in [0.15, 0.2) is 4.99 Å². The molecule has 7 nitrogen and oxygen atoms in total. The Labute approximate surface area is 157 Å². The van der Waals surface area contributed by atoms with Crippen molar-refractivity contribution in [2.24, 2.45) is 4.99 Å². The summed E-state index contributed by atoms with van der Waals surface area (Å²) >= 11 is 0. The van der Waals surface area contributed by atoms with Crippen LogP contribution in [0.4, 0.5) is 0 Å². The fraction of sp³-hybridized carbons (Fsp3) is 0.857. The Morgan fingerprint density at radius 3 is 2.17 bits per heavy atom.